The average molecular weight is 358 g/mol. The first-order valence-electron chi connectivity index (χ1n) is 7.77. The van der Waals surface area contributed by atoms with Crippen LogP contribution in [-0.2, 0) is 14.8 Å². The first kappa shape index (κ1) is 16.9. The highest BCUT2D eigenvalue weighted by atomic mass is 32.2. The molecule has 1 aromatic rings. The molecule has 3 rings (SSSR count). The molecule has 6 nitrogen and oxygen atoms in total. The van der Waals surface area contributed by atoms with Gasteiger partial charge in [0.15, 0.2) is 0 Å². The minimum Gasteiger partial charge on any atom is -0.381 e. The molecular formula is C15H22N2O4S2. The zero-order chi connectivity index (χ0) is 16.6. The van der Waals surface area contributed by atoms with Gasteiger partial charge in [0.25, 0.3) is 5.91 Å². The number of nitrogens with zero attached hydrogens (tertiary/aromatic N) is 2. The number of hydrogen-bond donors (Lipinski definition) is 0. The molecule has 1 aromatic heterocycles. The van der Waals surface area contributed by atoms with Gasteiger partial charge < -0.3 is 9.64 Å². The Hall–Kier alpha value is -0.960. The molecule has 8 heteroatoms. The van der Waals surface area contributed by atoms with E-state index in [1.165, 1.54) is 17.6 Å². The predicted molar refractivity (Wildman–Crippen MR) is 89.3 cm³/mol. The largest absolute Gasteiger partial charge is 0.381 e. The molecule has 0 radical (unpaired) electrons. The van der Waals surface area contributed by atoms with Crippen molar-refractivity contribution < 1.29 is 17.9 Å². The van der Waals surface area contributed by atoms with Gasteiger partial charge in [-0.2, -0.15) is 4.31 Å². The van der Waals surface area contributed by atoms with Gasteiger partial charge in [-0.25, -0.2) is 8.42 Å². The minimum absolute atomic E-state index is 0.00850. The van der Waals surface area contributed by atoms with E-state index in [9.17, 15) is 13.2 Å². The molecule has 0 atom stereocenters. The fourth-order valence-electron chi connectivity index (χ4n) is 3.30. The van der Waals surface area contributed by atoms with Crippen molar-refractivity contribution in [2.24, 2.45) is 0 Å². The van der Waals surface area contributed by atoms with Crippen LogP contribution >= 0.6 is 11.3 Å². The van der Waals surface area contributed by atoms with Gasteiger partial charge in [-0.15, -0.1) is 11.3 Å². The summed E-state index contributed by atoms with van der Waals surface area (Å²) < 4.78 is 31.4. The number of amides is 1. The molecule has 0 spiro atoms. The summed E-state index contributed by atoms with van der Waals surface area (Å²) in [7, 11) is -3.29. The normalized spacial score (nSPS) is 20.7. The zero-order valence-electron chi connectivity index (χ0n) is 13.4. The Balaban J connectivity index is 1.68. The number of likely N-dealkylation sites (tertiary alicyclic amines) is 1. The fourth-order valence-corrected chi connectivity index (χ4v) is 5.62. The van der Waals surface area contributed by atoms with Crippen molar-refractivity contribution in [1.82, 2.24) is 9.21 Å². The number of carbonyl (C=O) groups is 1. The minimum atomic E-state index is -3.29. The number of thiophene rings is 1. The van der Waals surface area contributed by atoms with Crippen molar-refractivity contribution in [3.63, 3.8) is 0 Å². The highest BCUT2D eigenvalue weighted by Crippen LogP contribution is 2.28. The molecule has 2 saturated heterocycles. The van der Waals surface area contributed by atoms with Crippen molar-refractivity contribution in [3.05, 3.63) is 21.9 Å². The molecule has 23 heavy (non-hydrogen) atoms. The average Bonchev–Trinajstić information content (AvgIpc) is 2.87. The Morgan fingerprint density at radius 1 is 1.30 bits per heavy atom. The van der Waals surface area contributed by atoms with Crippen LogP contribution in [0.1, 0.15) is 28.1 Å². The highest BCUT2D eigenvalue weighted by Gasteiger charge is 2.43. The standard InChI is InChI=1S/C15H22N2O4S2/c1-11-5-8-22-14(11)15(18)16-9-13(10-16)17(23(2,19)20)12-3-6-21-7-4-12/h5,8,12-13H,3-4,6-7,9-10H2,1-2H3. The van der Waals surface area contributed by atoms with Crippen molar-refractivity contribution >= 4 is 27.3 Å². The van der Waals surface area contributed by atoms with E-state index in [-0.39, 0.29) is 18.0 Å². The molecule has 0 aliphatic carbocycles. The van der Waals surface area contributed by atoms with E-state index in [2.05, 4.69) is 0 Å². The van der Waals surface area contributed by atoms with Gasteiger partial charge in [0.05, 0.1) is 17.2 Å². The van der Waals surface area contributed by atoms with E-state index in [0.717, 1.165) is 23.3 Å². The monoisotopic (exact) mass is 358 g/mol. The van der Waals surface area contributed by atoms with Gasteiger partial charge in [-0.1, -0.05) is 0 Å². The van der Waals surface area contributed by atoms with Crippen molar-refractivity contribution in [2.75, 3.05) is 32.6 Å². The lowest BCUT2D eigenvalue weighted by Crippen LogP contribution is -2.64. The molecule has 0 bridgehead atoms. The van der Waals surface area contributed by atoms with Crippen LogP contribution in [-0.4, -0.2) is 68.2 Å². The number of rotatable bonds is 4. The SMILES string of the molecule is Cc1ccsc1C(=O)N1CC(N(C2CCOCC2)S(C)(=O)=O)C1. The summed E-state index contributed by atoms with van der Waals surface area (Å²) in [5.41, 5.74) is 0.979. The molecule has 3 heterocycles. The Kier molecular flexibility index (Phi) is 4.78. The molecule has 0 aromatic carbocycles. The Morgan fingerprint density at radius 2 is 1.96 bits per heavy atom. The topological polar surface area (TPSA) is 66.9 Å². The third-order valence-electron chi connectivity index (χ3n) is 4.50. The highest BCUT2D eigenvalue weighted by molar-refractivity contribution is 7.88. The summed E-state index contributed by atoms with van der Waals surface area (Å²) in [4.78, 5) is 14.9. The quantitative estimate of drug-likeness (QED) is 0.814. The third kappa shape index (κ3) is 3.45. The maximum absolute atomic E-state index is 12.5. The molecule has 2 fully saturated rings. The van der Waals surface area contributed by atoms with Crippen LogP contribution in [0.25, 0.3) is 0 Å². The number of aryl methyl sites for hydroxylation is 1. The molecular weight excluding hydrogens is 336 g/mol. The number of sulfonamides is 1. The van der Waals surface area contributed by atoms with Crippen molar-refractivity contribution in [2.45, 2.75) is 31.8 Å². The second kappa shape index (κ2) is 6.51. The van der Waals surface area contributed by atoms with Gasteiger partial charge in [0.2, 0.25) is 10.0 Å². The van der Waals surface area contributed by atoms with Gasteiger partial charge >= 0.3 is 0 Å². The lowest BCUT2D eigenvalue weighted by Gasteiger charge is -2.47. The Labute approximate surface area is 141 Å². The van der Waals surface area contributed by atoms with Crippen LogP contribution in [0.3, 0.4) is 0 Å². The summed E-state index contributed by atoms with van der Waals surface area (Å²) in [6.45, 7) is 4.06. The molecule has 128 valence electrons. The van der Waals surface area contributed by atoms with E-state index < -0.39 is 10.0 Å². The Morgan fingerprint density at radius 3 is 2.48 bits per heavy atom. The third-order valence-corrected chi connectivity index (χ3v) is 6.87. The second-order valence-electron chi connectivity index (χ2n) is 6.23. The maximum Gasteiger partial charge on any atom is 0.264 e. The molecule has 0 N–H and O–H groups in total. The van der Waals surface area contributed by atoms with Crippen molar-refractivity contribution in [1.29, 1.82) is 0 Å². The summed E-state index contributed by atoms with van der Waals surface area (Å²) in [5.74, 6) is 0.00850. The smallest absolute Gasteiger partial charge is 0.264 e. The van der Waals surface area contributed by atoms with Gasteiger partial charge in [-0.3, -0.25) is 4.79 Å². The molecule has 0 unspecified atom stereocenters. The molecule has 0 saturated carbocycles. The van der Waals surface area contributed by atoms with E-state index >= 15 is 0 Å². The summed E-state index contributed by atoms with van der Waals surface area (Å²) in [5, 5.41) is 1.91. The van der Waals surface area contributed by atoms with Gasteiger partial charge in [0, 0.05) is 32.3 Å². The van der Waals surface area contributed by atoms with Gasteiger partial charge in [0.1, 0.15) is 0 Å². The van der Waals surface area contributed by atoms with Crippen LogP contribution in [0.4, 0.5) is 0 Å². The number of hydrogen-bond acceptors (Lipinski definition) is 5. The lowest BCUT2D eigenvalue weighted by molar-refractivity contribution is 0.0127. The number of carbonyl (C=O) groups excluding carboxylic acids is 1. The summed E-state index contributed by atoms with van der Waals surface area (Å²) in [6, 6.07) is 1.81. The van der Waals surface area contributed by atoms with Crippen LogP contribution in [0.2, 0.25) is 0 Å². The van der Waals surface area contributed by atoms with Crippen LogP contribution in [0.15, 0.2) is 11.4 Å². The zero-order valence-corrected chi connectivity index (χ0v) is 15.0. The van der Waals surface area contributed by atoms with E-state index in [1.807, 2.05) is 18.4 Å². The van der Waals surface area contributed by atoms with Gasteiger partial charge in [-0.05, 0) is 36.8 Å². The first-order valence-corrected chi connectivity index (χ1v) is 10.5. The van der Waals surface area contributed by atoms with Crippen LogP contribution in [0.5, 0.6) is 0 Å². The molecule has 2 aliphatic rings. The van der Waals surface area contributed by atoms with E-state index in [0.29, 0.717) is 26.3 Å². The van der Waals surface area contributed by atoms with Crippen LogP contribution < -0.4 is 0 Å². The maximum atomic E-state index is 12.5. The lowest BCUT2D eigenvalue weighted by atomic mass is 10.0. The van der Waals surface area contributed by atoms with E-state index in [1.54, 1.807) is 9.21 Å². The molecule has 2 aliphatic heterocycles. The van der Waals surface area contributed by atoms with E-state index in [4.69, 9.17) is 4.74 Å². The number of ether oxygens (including phenoxy) is 1. The molecule has 1 amide bonds. The second-order valence-corrected chi connectivity index (χ2v) is 9.04. The van der Waals surface area contributed by atoms with Crippen LogP contribution in [0, 0.1) is 6.92 Å². The van der Waals surface area contributed by atoms with Crippen molar-refractivity contribution in [3.8, 4) is 0 Å². The summed E-state index contributed by atoms with van der Waals surface area (Å²) >= 11 is 1.44. The summed E-state index contributed by atoms with van der Waals surface area (Å²) in [6.07, 6.45) is 2.71. The predicted octanol–water partition coefficient (Wildman–Crippen LogP) is 1.32. The Bertz CT molecular complexity index is 673. The fraction of sp³-hybridized carbons (Fsp3) is 0.667. The first-order chi connectivity index (χ1) is 10.9.